The van der Waals surface area contributed by atoms with E-state index in [4.69, 9.17) is 0 Å². The van der Waals surface area contributed by atoms with Crippen LogP contribution in [0.1, 0.15) is 40.6 Å². The Morgan fingerprint density at radius 2 is 1.50 bits per heavy atom. The average molecular weight is 444 g/mol. The van der Waals surface area contributed by atoms with Crippen molar-refractivity contribution >= 4 is 5.91 Å². The lowest BCUT2D eigenvalue weighted by atomic mass is 9.87. The molecular formula is C25H24F4N2O. The molecule has 0 heterocycles. The van der Waals surface area contributed by atoms with E-state index < -0.39 is 29.5 Å². The topological polar surface area (TPSA) is 41.1 Å². The lowest BCUT2D eigenvalue weighted by Crippen LogP contribution is -2.36. The Balaban J connectivity index is 1.83. The zero-order valence-electron chi connectivity index (χ0n) is 17.5. The minimum Gasteiger partial charge on any atom is -0.358 e. The van der Waals surface area contributed by atoms with Gasteiger partial charge >= 0.3 is 6.18 Å². The number of carbonyl (C=O) groups excluding carboxylic acids is 1. The Kier molecular flexibility index (Phi) is 7.64. The van der Waals surface area contributed by atoms with Crippen LogP contribution in [0.3, 0.4) is 0 Å². The third-order valence-electron chi connectivity index (χ3n) is 5.34. The van der Waals surface area contributed by atoms with E-state index in [-0.39, 0.29) is 5.91 Å². The van der Waals surface area contributed by atoms with E-state index in [0.717, 1.165) is 17.7 Å². The lowest BCUT2D eigenvalue weighted by molar-refractivity contribution is -0.137. The summed E-state index contributed by atoms with van der Waals surface area (Å²) in [4.78, 5) is 12.4. The predicted molar refractivity (Wildman–Crippen MR) is 116 cm³/mol. The Morgan fingerprint density at radius 1 is 0.875 bits per heavy atom. The maximum Gasteiger partial charge on any atom is 0.416 e. The summed E-state index contributed by atoms with van der Waals surface area (Å²) in [5, 5.41) is 5.82. The summed E-state index contributed by atoms with van der Waals surface area (Å²) >= 11 is 0. The van der Waals surface area contributed by atoms with Crippen LogP contribution in [-0.2, 0) is 11.0 Å². The highest BCUT2D eigenvalue weighted by Crippen LogP contribution is 2.34. The maximum atomic E-state index is 14.6. The van der Waals surface area contributed by atoms with Gasteiger partial charge in [-0.25, -0.2) is 4.39 Å². The number of halogens is 4. The van der Waals surface area contributed by atoms with Crippen LogP contribution < -0.4 is 10.6 Å². The molecule has 1 amide bonds. The van der Waals surface area contributed by atoms with E-state index in [1.165, 1.54) is 18.2 Å². The van der Waals surface area contributed by atoms with Crippen molar-refractivity contribution in [2.45, 2.75) is 24.6 Å². The van der Waals surface area contributed by atoms with Crippen LogP contribution in [0.5, 0.6) is 0 Å². The molecule has 0 saturated heterocycles. The van der Waals surface area contributed by atoms with Crippen molar-refractivity contribution in [1.82, 2.24) is 10.6 Å². The number of hydrogen-bond acceptors (Lipinski definition) is 2. The molecule has 3 nitrogen and oxygen atoms in total. The van der Waals surface area contributed by atoms with Gasteiger partial charge in [-0.15, -0.1) is 0 Å². The summed E-state index contributed by atoms with van der Waals surface area (Å²) in [5.74, 6) is -1.12. The molecule has 0 aliphatic rings. The third kappa shape index (κ3) is 5.73. The van der Waals surface area contributed by atoms with Crippen LogP contribution >= 0.6 is 0 Å². The van der Waals surface area contributed by atoms with Gasteiger partial charge in [0.15, 0.2) is 0 Å². The minimum atomic E-state index is -4.44. The van der Waals surface area contributed by atoms with E-state index in [2.05, 4.69) is 10.6 Å². The molecule has 0 aliphatic heterocycles. The van der Waals surface area contributed by atoms with E-state index in [1.807, 2.05) is 30.3 Å². The molecule has 3 aromatic rings. The first-order valence-corrected chi connectivity index (χ1v) is 10.2. The number of alkyl halides is 3. The van der Waals surface area contributed by atoms with Crippen LogP contribution in [0.2, 0.25) is 0 Å². The second-order valence-corrected chi connectivity index (χ2v) is 7.39. The summed E-state index contributed by atoms with van der Waals surface area (Å²) in [5.41, 5.74) is 0.991. The van der Waals surface area contributed by atoms with Gasteiger partial charge in [0.05, 0.1) is 5.56 Å². The summed E-state index contributed by atoms with van der Waals surface area (Å²) in [6, 6.07) is 19.6. The van der Waals surface area contributed by atoms with E-state index in [0.29, 0.717) is 24.1 Å². The second-order valence-electron chi connectivity index (χ2n) is 7.39. The number of rotatable bonds is 8. The van der Waals surface area contributed by atoms with Crippen LogP contribution in [0.25, 0.3) is 0 Å². The summed E-state index contributed by atoms with van der Waals surface area (Å²) in [6.45, 7) is 0.340. The Bertz CT molecular complexity index is 1020. The SMILES string of the molecule is CNC(=O)[C@H](NCC[C@@H](c1ccc(C(F)(F)F)cc1)c1ccccc1F)c1ccccc1. The lowest BCUT2D eigenvalue weighted by Gasteiger charge is -2.22. The van der Waals surface area contributed by atoms with Crippen molar-refractivity contribution in [2.24, 2.45) is 0 Å². The molecular weight excluding hydrogens is 420 g/mol. The van der Waals surface area contributed by atoms with E-state index in [9.17, 15) is 22.4 Å². The number of likely N-dealkylation sites (N-methyl/N-ethyl adjacent to an activating group) is 1. The standard InChI is InChI=1S/C25H24F4N2O/c1-30-24(32)23(18-7-3-2-4-8-18)31-16-15-20(21-9-5-6-10-22(21)26)17-11-13-19(14-12-17)25(27,28)29/h2-14,20,23,31H,15-16H2,1H3,(H,30,32)/t20-,23+/m0/s1. The molecule has 2 N–H and O–H groups in total. The Labute approximate surface area is 184 Å². The highest BCUT2D eigenvalue weighted by atomic mass is 19.4. The molecule has 0 aliphatic carbocycles. The zero-order chi connectivity index (χ0) is 23.1. The number of hydrogen-bond donors (Lipinski definition) is 2. The largest absolute Gasteiger partial charge is 0.416 e. The molecule has 3 aromatic carbocycles. The fourth-order valence-electron chi connectivity index (χ4n) is 3.69. The van der Waals surface area contributed by atoms with Crippen LogP contribution in [-0.4, -0.2) is 19.5 Å². The summed E-state index contributed by atoms with van der Waals surface area (Å²) < 4.78 is 53.4. The van der Waals surface area contributed by atoms with Crippen molar-refractivity contribution in [3.8, 4) is 0 Å². The highest BCUT2D eigenvalue weighted by molar-refractivity contribution is 5.82. The fraction of sp³-hybridized carbons (Fsp3) is 0.240. The average Bonchev–Trinajstić information content (AvgIpc) is 2.80. The van der Waals surface area contributed by atoms with Gasteiger partial charge in [0, 0.05) is 13.0 Å². The van der Waals surface area contributed by atoms with Crippen molar-refractivity contribution in [1.29, 1.82) is 0 Å². The van der Waals surface area contributed by atoms with Crippen LogP contribution in [0.15, 0.2) is 78.9 Å². The van der Waals surface area contributed by atoms with Gasteiger partial charge in [-0.05, 0) is 47.9 Å². The van der Waals surface area contributed by atoms with Crippen molar-refractivity contribution in [3.63, 3.8) is 0 Å². The predicted octanol–water partition coefficient (Wildman–Crippen LogP) is 5.44. The molecule has 7 heteroatoms. The molecule has 0 saturated carbocycles. The van der Waals surface area contributed by atoms with Crippen LogP contribution in [0, 0.1) is 5.82 Å². The molecule has 0 spiro atoms. The number of nitrogens with one attached hydrogen (secondary N) is 2. The fourth-order valence-corrected chi connectivity index (χ4v) is 3.69. The van der Waals surface area contributed by atoms with Gasteiger partial charge in [0.1, 0.15) is 11.9 Å². The molecule has 2 atom stereocenters. The van der Waals surface area contributed by atoms with Gasteiger partial charge in [0.2, 0.25) is 5.91 Å². The first kappa shape index (κ1) is 23.5. The van der Waals surface area contributed by atoms with Crippen molar-refractivity contribution in [3.05, 3.63) is 107 Å². The zero-order valence-corrected chi connectivity index (χ0v) is 17.5. The van der Waals surface area contributed by atoms with Gasteiger partial charge in [-0.3, -0.25) is 4.79 Å². The Hall–Kier alpha value is -3.19. The van der Waals surface area contributed by atoms with Gasteiger partial charge < -0.3 is 10.6 Å². The second kappa shape index (κ2) is 10.4. The molecule has 3 rings (SSSR count). The molecule has 168 valence electrons. The number of amides is 1. The van der Waals surface area contributed by atoms with Gasteiger partial charge in [-0.1, -0.05) is 60.7 Å². The highest BCUT2D eigenvalue weighted by Gasteiger charge is 2.30. The molecule has 0 unspecified atom stereocenters. The molecule has 0 fully saturated rings. The van der Waals surface area contributed by atoms with E-state index >= 15 is 0 Å². The molecule has 32 heavy (non-hydrogen) atoms. The molecule has 0 radical (unpaired) electrons. The maximum absolute atomic E-state index is 14.6. The third-order valence-corrected chi connectivity index (χ3v) is 5.34. The van der Waals surface area contributed by atoms with Crippen molar-refractivity contribution < 1.29 is 22.4 Å². The monoisotopic (exact) mass is 444 g/mol. The van der Waals surface area contributed by atoms with Crippen molar-refractivity contribution in [2.75, 3.05) is 13.6 Å². The minimum absolute atomic E-state index is 0.215. The van der Waals surface area contributed by atoms with Crippen LogP contribution in [0.4, 0.5) is 17.6 Å². The van der Waals surface area contributed by atoms with Gasteiger partial charge in [-0.2, -0.15) is 13.2 Å². The quantitative estimate of drug-likeness (QED) is 0.454. The summed E-state index contributed by atoms with van der Waals surface area (Å²) in [6.07, 6.45) is -4.06. The molecule has 0 aromatic heterocycles. The van der Waals surface area contributed by atoms with E-state index in [1.54, 1.807) is 25.2 Å². The Morgan fingerprint density at radius 3 is 2.09 bits per heavy atom. The number of carbonyl (C=O) groups is 1. The smallest absolute Gasteiger partial charge is 0.358 e. The first-order chi connectivity index (χ1) is 15.3. The number of benzene rings is 3. The van der Waals surface area contributed by atoms with Gasteiger partial charge in [0.25, 0.3) is 0 Å². The normalized spacial score (nSPS) is 13.4. The summed E-state index contributed by atoms with van der Waals surface area (Å²) in [7, 11) is 1.55. The molecule has 0 bridgehead atoms. The first-order valence-electron chi connectivity index (χ1n) is 10.2.